The van der Waals surface area contributed by atoms with Gasteiger partial charge in [0.1, 0.15) is 0 Å². The summed E-state index contributed by atoms with van der Waals surface area (Å²) in [5.41, 5.74) is 2.37. The van der Waals surface area contributed by atoms with Crippen molar-refractivity contribution in [2.45, 2.75) is 25.4 Å². The Balaban J connectivity index is 1.42. The number of nitrogens with zero attached hydrogens (tertiary/aromatic N) is 3. The molecule has 27 heavy (non-hydrogen) atoms. The van der Waals surface area contributed by atoms with E-state index in [1.165, 1.54) is 10.6 Å². The number of ether oxygens (including phenoxy) is 1. The number of morpholine rings is 1. The second kappa shape index (κ2) is 9.19. The molecule has 1 heterocycles. The Labute approximate surface area is 161 Å². The molecular weight excluding hydrogens is 344 g/mol. The molecule has 1 aliphatic heterocycles. The highest BCUT2D eigenvalue weighted by molar-refractivity contribution is 5.85. The molecule has 0 atom stereocenters. The molecule has 7 heteroatoms. The third-order valence-electron chi connectivity index (χ3n) is 4.92. The van der Waals surface area contributed by atoms with Crippen LogP contribution in [-0.2, 0) is 20.9 Å². The Morgan fingerprint density at radius 1 is 1.11 bits per heavy atom. The molecule has 1 saturated carbocycles. The van der Waals surface area contributed by atoms with Gasteiger partial charge >= 0.3 is 0 Å². The second-order valence-electron chi connectivity index (χ2n) is 7.53. The van der Waals surface area contributed by atoms with E-state index in [0.717, 1.165) is 44.7 Å². The van der Waals surface area contributed by atoms with Crippen molar-refractivity contribution in [3.63, 3.8) is 0 Å². The summed E-state index contributed by atoms with van der Waals surface area (Å²) in [6, 6.07) is 8.80. The molecule has 1 N–H and O–H groups in total. The Morgan fingerprint density at radius 2 is 1.78 bits per heavy atom. The molecule has 0 aromatic heterocycles. The van der Waals surface area contributed by atoms with Crippen LogP contribution in [0.4, 0.5) is 5.69 Å². The number of carbonyl (C=O) groups excluding carboxylic acids is 2. The van der Waals surface area contributed by atoms with E-state index in [0.29, 0.717) is 19.1 Å². The van der Waals surface area contributed by atoms with Gasteiger partial charge in [0, 0.05) is 38.4 Å². The lowest BCUT2D eigenvalue weighted by Crippen LogP contribution is -2.42. The smallest absolute Gasteiger partial charge is 0.239 e. The molecule has 0 spiro atoms. The van der Waals surface area contributed by atoms with Crippen molar-refractivity contribution >= 4 is 17.5 Å². The molecule has 0 radical (unpaired) electrons. The quantitative estimate of drug-likeness (QED) is 0.725. The Morgan fingerprint density at radius 3 is 2.41 bits per heavy atom. The van der Waals surface area contributed by atoms with Gasteiger partial charge in [-0.05, 0) is 37.6 Å². The van der Waals surface area contributed by atoms with Gasteiger partial charge in [-0.15, -0.1) is 0 Å². The topological polar surface area (TPSA) is 65.1 Å². The van der Waals surface area contributed by atoms with E-state index in [4.69, 9.17) is 4.74 Å². The van der Waals surface area contributed by atoms with Crippen LogP contribution in [0.25, 0.3) is 0 Å². The summed E-state index contributed by atoms with van der Waals surface area (Å²) in [5, 5.41) is 2.91. The molecule has 148 valence electrons. The fourth-order valence-electron chi connectivity index (χ4n) is 3.16. The highest BCUT2D eigenvalue weighted by Crippen LogP contribution is 2.18. The summed E-state index contributed by atoms with van der Waals surface area (Å²) in [4.78, 5) is 29.9. The predicted molar refractivity (Wildman–Crippen MR) is 105 cm³/mol. The van der Waals surface area contributed by atoms with Gasteiger partial charge in [-0.25, -0.2) is 0 Å². The van der Waals surface area contributed by atoms with Gasteiger partial charge in [0.05, 0.1) is 26.3 Å². The molecule has 1 aromatic carbocycles. The summed E-state index contributed by atoms with van der Waals surface area (Å²) in [6.45, 7) is 4.51. The van der Waals surface area contributed by atoms with Crippen molar-refractivity contribution in [3.05, 3.63) is 29.8 Å². The first-order valence-corrected chi connectivity index (χ1v) is 9.65. The minimum atomic E-state index is -0.0743. The lowest BCUT2D eigenvalue weighted by molar-refractivity contribution is -0.135. The summed E-state index contributed by atoms with van der Waals surface area (Å²) in [6.07, 6.45) is 2.10. The number of likely N-dealkylation sites (N-methyl/N-ethyl adjacent to an activating group) is 2. The number of nitrogens with one attached hydrogen (secondary N) is 1. The fraction of sp³-hybridized carbons (Fsp3) is 0.600. The summed E-state index contributed by atoms with van der Waals surface area (Å²) >= 11 is 0. The summed E-state index contributed by atoms with van der Waals surface area (Å²) in [7, 11) is 3.60. The number of amides is 2. The molecule has 2 fully saturated rings. The third-order valence-corrected chi connectivity index (χ3v) is 4.92. The maximum atomic E-state index is 12.3. The molecule has 3 rings (SSSR count). The van der Waals surface area contributed by atoms with E-state index in [1.54, 1.807) is 7.05 Å². The number of hydrogen-bond donors (Lipinski definition) is 1. The van der Waals surface area contributed by atoms with Gasteiger partial charge in [0.2, 0.25) is 11.8 Å². The van der Waals surface area contributed by atoms with Crippen molar-refractivity contribution in [1.82, 2.24) is 15.1 Å². The normalized spacial score (nSPS) is 17.1. The van der Waals surface area contributed by atoms with Crippen LogP contribution in [0.15, 0.2) is 24.3 Å². The van der Waals surface area contributed by atoms with E-state index in [-0.39, 0.29) is 18.4 Å². The number of carbonyl (C=O) groups is 2. The Hall–Kier alpha value is -2.12. The van der Waals surface area contributed by atoms with Crippen LogP contribution in [0.3, 0.4) is 0 Å². The van der Waals surface area contributed by atoms with Crippen molar-refractivity contribution in [3.8, 4) is 0 Å². The first-order chi connectivity index (χ1) is 13.0. The van der Waals surface area contributed by atoms with Gasteiger partial charge < -0.3 is 19.9 Å². The van der Waals surface area contributed by atoms with E-state index in [9.17, 15) is 9.59 Å². The fourth-order valence-corrected chi connectivity index (χ4v) is 3.16. The third kappa shape index (κ3) is 6.22. The van der Waals surface area contributed by atoms with Crippen LogP contribution in [-0.4, -0.2) is 81.1 Å². The van der Waals surface area contributed by atoms with Crippen molar-refractivity contribution in [2.75, 3.05) is 58.4 Å². The lowest BCUT2D eigenvalue weighted by atomic mass is 10.1. The zero-order valence-electron chi connectivity index (χ0n) is 16.3. The minimum Gasteiger partial charge on any atom is -0.378 e. The lowest BCUT2D eigenvalue weighted by Gasteiger charge is -2.29. The Kier molecular flexibility index (Phi) is 6.68. The summed E-state index contributed by atoms with van der Waals surface area (Å²) < 4.78 is 5.39. The number of rotatable bonds is 8. The summed E-state index contributed by atoms with van der Waals surface area (Å²) in [5.74, 6) is -0.122. The SMILES string of the molecule is CN(CC(=O)N(C)CC(=O)NC1CC1)Cc1ccc(N2CCOCC2)cc1. The predicted octanol–water partition coefficient (Wildman–Crippen LogP) is 0.692. The molecule has 1 aromatic rings. The van der Waals surface area contributed by atoms with Crippen LogP contribution >= 0.6 is 0 Å². The Bertz CT molecular complexity index is 639. The van der Waals surface area contributed by atoms with E-state index >= 15 is 0 Å². The van der Waals surface area contributed by atoms with E-state index in [1.807, 2.05) is 11.9 Å². The van der Waals surface area contributed by atoms with Gasteiger partial charge in [0.15, 0.2) is 0 Å². The van der Waals surface area contributed by atoms with Gasteiger partial charge in [-0.2, -0.15) is 0 Å². The van der Waals surface area contributed by atoms with Crippen LogP contribution in [0.1, 0.15) is 18.4 Å². The maximum Gasteiger partial charge on any atom is 0.239 e. The first kappa shape index (κ1) is 19.6. The van der Waals surface area contributed by atoms with Crippen LogP contribution in [0, 0.1) is 0 Å². The maximum absolute atomic E-state index is 12.3. The molecule has 0 bridgehead atoms. The van der Waals surface area contributed by atoms with E-state index < -0.39 is 0 Å². The largest absolute Gasteiger partial charge is 0.378 e. The zero-order valence-corrected chi connectivity index (χ0v) is 16.3. The van der Waals surface area contributed by atoms with Crippen molar-refractivity contribution < 1.29 is 14.3 Å². The molecule has 7 nitrogen and oxygen atoms in total. The van der Waals surface area contributed by atoms with Crippen LogP contribution in [0.2, 0.25) is 0 Å². The average Bonchev–Trinajstić information content (AvgIpc) is 3.46. The van der Waals surface area contributed by atoms with Crippen molar-refractivity contribution in [1.29, 1.82) is 0 Å². The zero-order chi connectivity index (χ0) is 19.2. The molecular formula is C20H30N4O3. The standard InChI is InChI=1S/C20H30N4O3/c1-22(15-20(26)23(2)14-19(25)21-17-5-6-17)13-16-3-7-18(8-4-16)24-9-11-27-12-10-24/h3-4,7-8,17H,5-6,9-15H2,1-2H3,(H,21,25). The highest BCUT2D eigenvalue weighted by Gasteiger charge is 2.24. The van der Waals surface area contributed by atoms with Gasteiger partial charge in [0.25, 0.3) is 0 Å². The minimum absolute atomic E-state index is 0.0478. The second-order valence-corrected chi connectivity index (χ2v) is 7.53. The molecule has 2 aliphatic rings. The van der Waals surface area contributed by atoms with Crippen LogP contribution < -0.4 is 10.2 Å². The van der Waals surface area contributed by atoms with Crippen molar-refractivity contribution in [2.24, 2.45) is 0 Å². The van der Waals surface area contributed by atoms with Gasteiger partial charge in [-0.3, -0.25) is 14.5 Å². The first-order valence-electron chi connectivity index (χ1n) is 9.65. The monoisotopic (exact) mass is 374 g/mol. The van der Waals surface area contributed by atoms with Gasteiger partial charge in [-0.1, -0.05) is 12.1 Å². The number of anilines is 1. The molecule has 2 amide bonds. The highest BCUT2D eigenvalue weighted by atomic mass is 16.5. The molecule has 1 aliphatic carbocycles. The van der Waals surface area contributed by atoms with Crippen LogP contribution in [0.5, 0.6) is 0 Å². The molecule has 0 unspecified atom stereocenters. The average molecular weight is 374 g/mol. The number of benzene rings is 1. The molecule has 1 saturated heterocycles. The van der Waals surface area contributed by atoms with E-state index in [2.05, 4.69) is 34.5 Å². The number of hydrogen-bond acceptors (Lipinski definition) is 5.